The van der Waals surface area contributed by atoms with Crippen LogP contribution < -0.4 is 9.47 Å². The van der Waals surface area contributed by atoms with Gasteiger partial charge in [-0.1, -0.05) is 24.3 Å². The Morgan fingerprint density at radius 1 is 0.500 bits per heavy atom. The minimum absolute atomic E-state index is 0.661. The zero-order valence-electron chi connectivity index (χ0n) is 29.8. The van der Waals surface area contributed by atoms with E-state index in [0.29, 0.717) is 13.2 Å². The lowest BCUT2D eigenvalue weighted by Gasteiger charge is -2.23. The molecule has 50 heavy (non-hydrogen) atoms. The zero-order chi connectivity index (χ0) is 34.9. The van der Waals surface area contributed by atoms with Crippen LogP contribution in [0.5, 0.6) is 11.5 Å². The van der Waals surface area contributed by atoms with E-state index in [-0.39, 0.29) is 0 Å². The highest BCUT2D eigenvalue weighted by molar-refractivity contribution is 5.93. The maximum atomic E-state index is 6.06. The first-order valence-electron chi connectivity index (χ1n) is 17.1. The highest BCUT2D eigenvalue weighted by Crippen LogP contribution is 2.33. The van der Waals surface area contributed by atoms with Gasteiger partial charge in [0, 0.05) is 33.2 Å². The molecule has 2 aliphatic rings. The smallest absolute Gasteiger partial charge is 0.137 e. The van der Waals surface area contributed by atoms with Crippen molar-refractivity contribution < 1.29 is 18.4 Å². The van der Waals surface area contributed by atoms with Crippen molar-refractivity contribution in [1.29, 1.82) is 0 Å². The average molecular weight is 667 g/mol. The summed E-state index contributed by atoms with van der Waals surface area (Å²) in [6, 6.07) is 29.2. The third-order valence-corrected chi connectivity index (χ3v) is 8.75. The van der Waals surface area contributed by atoms with E-state index in [9.17, 15) is 0 Å². The van der Waals surface area contributed by atoms with Crippen LogP contribution in [0, 0.1) is 0 Å². The first-order valence-corrected chi connectivity index (χ1v) is 17.1. The Morgan fingerprint density at radius 2 is 0.900 bits per heavy atom. The Labute approximate surface area is 294 Å². The van der Waals surface area contributed by atoms with E-state index in [1.807, 2.05) is 24.3 Å². The maximum Gasteiger partial charge on any atom is 0.137 e. The zero-order valence-corrected chi connectivity index (χ0v) is 29.8. The van der Waals surface area contributed by atoms with Gasteiger partial charge in [0.1, 0.15) is 37.8 Å². The molecular weight excluding hydrogens is 621 g/mol. The first-order chi connectivity index (χ1) is 24.0. The molecule has 0 saturated carbocycles. The molecule has 0 spiro atoms. The molecule has 0 amide bonds. The highest BCUT2D eigenvalue weighted by Gasteiger charge is 2.15. The van der Waals surface area contributed by atoms with Crippen molar-refractivity contribution in [1.82, 2.24) is 19.9 Å². The van der Waals surface area contributed by atoms with Gasteiger partial charge in [0.15, 0.2) is 0 Å². The summed E-state index contributed by atoms with van der Waals surface area (Å²) in [5, 5.41) is 0. The number of nitrogens with zero attached hydrogens (tertiary/aromatic N) is 4. The molecule has 3 aromatic heterocycles. The van der Waals surface area contributed by atoms with Crippen LogP contribution in [-0.4, -0.2) is 97.5 Å². The number of aromatic amines is 2. The van der Waals surface area contributed by atoms with Crippen molar-refractivity contribution >= 4 is 46.4 Å². The number of quaternary nitrogens is 2. The highest BCUT2D eigenvalue weighted by atomic mass is 16.5. The third kappa shape index (κ3) is 7.88. The summed E-state index contributed by atoms with van der Waals surface area (Å²) in [5.74, 6) is 1.72. The van der Waals surface area contributed by atoms with Crippen LogP contribution in [0.25, 0.3) is 68.6 Å². The van der Waals surface area contributed by atoms with E-state index in [1.54, 1.807) is 0 Å². The molecule has 254 valence electrons. The van der Waals surface area contributed by atoms with Gasteiger partial charge in [-0.25, -0.2) is 9.97 Å². The number of benzene rings is 2. The summed E-state index contributed by atoms with van der Waals surface area (Å²) < 4.78 is 13.8. The second-order valence-corrected chi connectivity index (χ2v) is 15.0. The molecule has 2 N–H and O–H groups in total. The van der Waals surface area contributed by atoms with Gasteiger partial charge in [0.05, 0.1) is 65.1 Å². The molecule has 0 aliphatic carbocycles. The normalized spacial score (nSPS) is 12.8. The van der Waals surface area contributed by atoms with Gasteiger partial charge in [0.2, 0.25) is 0 Å². The first kappa shape index (κ1) is 33.1. The lowest BCUT2D eigenvalue weighted by atomic mass is 10.0. The molecule has 5 heterocycles. The molecule has 0 radical (unpaired) electrons. The summed E-state index contributed by atoms with van der Waals surface area (Å²) in [6.07, 6.45) is 8.31. The number of hydrogen-bond acceptors (Lipinski definition) is 4. The van der Waals surface area contributed by atoms with Crippen molar-refractivity contribution in [2.45, 2.75) is 0 Å². The minimum Gasteiger partial charge on any atom is -0.488 e. The number of hydrogen-bond donors (Lipinski definition) is 2. The Bertz CT molecular complexity index is 2070. The quantitative estimate of drug-likeness (QED) is 0.145. The number of ether oxygens (including phenoxy) is 2. The lowest BCUT2D eigenvalue weighted by molar-refractivity contribution is -0.870. The van der Waals surface area contributed by atoms with E-state index in [0.717, 1.165) is 101 Å². The van der Waals surface area contributed by atoms with E-state index in [4.69, 9.17) is 19.4 Å². The van der Waals surface area contributed by atoms with Gasteiger partial charge in [-0.3, -0.25) is 0 Å². The number of aromatic nitrogens is 4. The molecule has 8 heteroatoms. The van der Waals surface area contributed by atoms with Crippen molar-refractivity contribution in [3.63, 3.8) is 0 Å². The topological polar surface area (TPSA) is 75.8 Å². The lowest BCUT2D eigenvalue weighted by Crippen LogP contribution is -2.38. The molecule has 2 aliphatic heterocycles. The number of nitrogens with one attached hydrogen (secondary N) is 2. The molecule has 8 nitrogen and oxygen atoms in total. The van der Waals surface area contributed by atoms with Gasteiger partial charge >= 0.3 is 0 Å². The minimum atomic E-state index is 0.661. The van der Waals surface area contributed by atoms with Gasteiger partial charge < -0.3 is 28.4 Å². The summed E-state index contributed by atoms with van der Waals surface area (Å²) in [6.45, 7) is 3.18. The summed E-state index contributed by atoms with van der Waals surface area (Å²) in [7, 11) is 13.0. The van der Waals surface area contributed by atoms with E-state index in [1.165, 1.54) is 0 Å². The van der Waals surface area contributed by atoms with Crippen molar-refractivity contribution in [3.8, 4) is 33.8 Å². The van der Waals surface area contributed by atoms with Crippen molar-refractivity contribution in [3.05, 3.63) is 108 Å². The standard InChI is InChI=1S/C42H46N6O2/c1-47(2,3)23-25-49-35-15-7-29(8-16-35)41-37-19-11-31(43-37)27-33-13-21-39(45-33)42(30-9-17-36(18-10-30)50-26-24-48(4,5)6)40-22-14-34(46-40)28-32-12-20-38(41)44-32/h7-22,27-28,43,46H,23-26H2,1-6H3/q+2. The summed E-state index contributed by atoms with van der Waals surface area (Å²) >= 11 is 0. The molecule has 8 bridgehead atoms. The molecule has 5 aromatic rings. The fraction of sp³-hybridized carbons (Fsp3) is 0.238. The maximum absolute atomic E-state index is 6.06. The van der Waals surface area contributed by atoms with Crippen LogP contribution in [0.4, 0.5) is 0 Å². The number of rotatable bonds is 10. The van der Waals surface area contributed by atoms with E-state index < -0.39 is 0 Å². The van der Waals surface area contributed by atoms with Crippen LogP contribution in [0.15, 0.2) is 84.9 Å². The molecule has 0 atom stereocenters. The van der Waals surface area contributed by atoms with E-state index in [2.05, 4.69) is 137 Å². The molecule has 0 saturated heterocycles. The summed E-state index contributed by atoms with van der Waals surface area (Å²) in [4.78, 5) is 17.5. The Kier molecular flexibility index (Phi) is 8.90. The predicted octanol–water partition coefficient (Wildman–Crippen LogP) is 8.16. The van der Waals surface area contributed by atoms with Crippen LogP contribution in [-0.2, 0) is 0 Å². The second kappa shape index (κ2) is 13.5. The largest absolute Gasteiger partial charge is 0.488 e. The number of fused-ring (bicyclic) bond motifs is 8. The van der Waals surface area contributed by atoms with Gasteiger partial charge in [-0.05, 0) is 96.1 Å². The summed E-state index contributed by atoms with van der Waals surface area (Å²) in [5.41, 5.74) is 11.6. The average Bonchev–Trinajstić information content (AvgIpc) is 3.88. The number of H-pyrrole nitrogens is 2. The fourth-order valence-corrected chi connectivity index (χ4v) is 5.99. The van der Waals surface area contributed by atoms with Crippen molar-refractivity contribution in [2.75, 3.05) is 68.6 Å². The molecule has 2 aromatic carbocycles. The number of likely N-dealkylation sites (N-methyl/N-ethyl adjacent to an activating group) is 2. The fourth-order valence-electron chi connectivity index (χ4n) is 5.99. The monoisotopic (exact) mass is 666 g/mol. The second-order valence-electron chi connectivity index (χ2n) is 15.0. The molecule has 7 rings (SSSR count). The van der Waals surface area contributed by atoms with Gasteiger partial charge in [-0.2, -0.15) is 0 Å². The van der Waals surface area contributed by atoms with Crippen LogP contribution in [0.1, 0.15) is 22.8 Å². The predicted molar refractivity (Wildman–Crippen MR) is 207 cm³/mol. The van der Waals surface area contributed by atoms with Gasteiger partial charge in [0.25, 0.3) is 0 Å². The van der Waals surface area contributed by atoms with Crippen molar-refractivity contribution in [2.24, 2.45) is 0 Å². The Balaban J connectivity index is 1.30. The van der Waals surface area contributed by atoms with E-state index >= 15 is 0 Å². The molecular formula is C42H46N6O2+2. The van der Waals surface area contributed by atoms with Crippen LogP contribution >= 0.6 is 0 Å². The third-order valence-electron chi connectivity index (χ3n) is 8.75. The molecule has 0 fully saturated rings. The Hall–Kier alpha value is -5.44. The SMILES string of the molecule is C[N+](C)(C)CCOc1ccc(-c2c3nc(cc4ccc([nH]4)c(-c4ccc(OCC[N+](C)(C)C)cc4)c4nc(cc5ccc2[nH]5)C=C4)C=C3)cc1. The Morgan fingerprint density at radius 3 is 1.28 bits per heavy atom. The van der Waals surface area contributed by atoms with Gasteiger partial charge in [-0.15, -0.1) is 0 Å². The molecule has 0 unspecified atom stereocenters. The van der Waals surface area contributed by atoms with Crippen LogP contribution in [0.2, 0.25) is 0 Å². The van der Waals surface area contributed by atoms with Crippen LogP contribution in [0.3, 0.4) is 0 Å².